The van der Waals surface area contributed by atoms with Gasteiger partial charge >= 0.3 is 0 Å². The molecule has 0 atom stereocenters. The van der Waals surface area contributed by atoms with E-state index in [-0.39, 0.29) is 11.5 Å². The number of anilines is 1. The van der Waals surface area contributed by atoms with Crippen LogP contribution in [-0.2, 0) is 6.54 Å². The van der Waals surface area contributed by atoms with E-state index in [1.54, 1.807) is 0 Å². The Balaban J connectivity index is 1.66. The van der Waals surface area contributed by atoms with Gasteiger partial charge in [-0.2, -0.15) is 0 Å². The number of carbonyl (C=O) groups excluding carboxylic acids is 1. The topological polar surface area (TPSA) is 29.5 Å². The average molecular weight is 448 g/mol. The van der Waals surface area contributed by atoms with Crippen LogP contribution >= 0.6 is 15.9 Å². The molecule has 0 saturated heterocycles. The number of ether oxygens (including phenoxy) is 1. The Labute approximate surface area is 179 Å². The molecule has 4 heteroatoms. The monoisotopic (exact) mass is 447 g/mol. The maximum absolute atomic E-state index is 13.3. The minimum Gasteiger partial charge on any atom is -0.483 e. The molecule has 3 aromatic rings. The number of rotatable bonds is 4. The summed E-state index contributed by atoms with van der Waals surface area (Å²) in [6.07, 6.45) is 4.15. The van der Waals surface area contributed by atoms with Crippen LogP contribution in [0.3, 0.4) is 0 Å². The minimum absolute atomic E-state index is 0.0330. The highest BCUT2D eigenvalue weighted by molar-refractivity contribution is 9.10. The number of benzene rings is 3. The van der Waals surface area contributed by atoms with Crippen molar-refractivity contribution in [2.45, 2.75) is 26.0 Å². The van der Waals surface area contributed by atoms with E-state index in [0.717, 1.165) is 27.0 Å². The van der Waals surface area contributed by atoms with Crippen LogP contribution in [0.2, 0.25) is 0 Å². The lowest BCUT2D eigenvalue weighted by Gasteiger charge is -2.28. The molecule has 0 aliphatic carbocycles. The van der Waals surface area contributed by atoms with E-state index in [1.807, 2.05) is 85.5 Å². The Morgan fingerprint density at radius 1 is 1.00 bits per heavy atom. The predicted octanol–water partition coefficient (Wildman–Crippen LogP) is 6.48. The van der Waals surface area contributed by atoms with E-state index in [9.17, 15) is 4.79 Å². The van der Waals surface area contributed by atoms with Crippen LogP contribution in [0.15, 0.2) is 83.3 Å². The number of nitrogens with zero attached hydrogens (tertiary/aromatic N) is 1. The van der Waals surface area contributed by atoms with Gasteiger partial charge in [-0.15, -0.1) is 0 Å². The van der Waals surface area contributed by atoms with Gasteiger partial charge in [0, 0.05) is 21.3 Å². The number of hydrogen-bond donors (Lipinski definition) is 0. The standard InChI is InChI=1S/C25H22BrNO2/c1-25(2)15-14-20-16-18(8-13-23(20)29-25)17-27(22-6-4-3-5-7-22)24(28)19-9-11-21(26)12-10-19/h3-16H,17H2,1-2H3. The first-order valence-electron chi connectivity index (χ1n) is 9.55. The lowest BCUT2D eigenvalue weighted by atomic mass is 10.0. The van der Waals surface area contributed by atoms with E-state index < -0.39 is 0 Å². The Morgan fingerprint density at radius 2 is 1.72 bits per heavy atom. The molecule has 0 radical (unpaired) electrons. The predicted molar refractivity (Wildman–Crippen MR) is 121 cm³/mol. The molecular formula is C25H22BrNO2. The summed E-state index contributed by atoms with van der Waals surface area (Å²) in [7, 11) is 0. The van der Waals surface area contributed by atoms with Crippen molar-refractivity contribution in [3.8, 4) is 5.75 Å². The first kappa shape index (κ1) is 19.5. The first-order valence-corrected chi connectivity index (χ1v) is 10.3. The molecular weight excluding hydrogens is 426 g/mol. The van der Waals surface area contributed by atoms with Crippen molar-refractivity contribution in [1.82, 2.24) is 0 Å². The number of carbonyl (C=O) groups is 1. The molecule has 0 fully saturated rings. The van der Waals surface area contributed by atoms with Gasteiger partial charge in [-0.05, 0) is 74.0 Å². The molecule has 0 saturated carbocycles. The van der Waals surface area contributed by atoms with E-state index in [0.29, 0.717) is 12.1 Å². The van der Waals surface area contributed by atoms with E-state index in [2.05, 4.69) is 34.1 Å². The lowest BCUT2D eigenvalue weighted by molar-refractivity contribution is 0.0985. The highest BCUT2D eigenvalue weighted by Gasteiger charge is 2.23. The third-order valence-electron chi connectivity index (χ3n) is 4.86. The second kappa shape index (κ2) is 7.88. The third-order valence-corrected chi connectivity index (χ3v) is 5.39. The molecule has 29 heavy (non-hydrogen) atoms. The smallest absolute Gasteiger partial charge is 0.258 e. The fraction of sp³-hybridized carbons (Fsp3) is 0.160. The zero-order valence-corrected chi connectivity index (χ0v) is 18.0. The van der Waals surface area contributed by atoms with Crippen LogP contribution in [-0.4, -0.2) is 11.5 Å². The van der Waals surface area contributed by atoms with Gasteiger partial charge < -0.3 is 9.64 Å². The second-order valence-electron chi connectivity index (χ2n) is 7.64. The van der Waals surface area contributed by atoms with Gasteiger partial charge in [0.05, 0.1) is 6.54 Å². The summed E-state index contributed by atoms with van der Waals surface area (Å²) >= 11 is 3.43. The molecule has 3 aromatic carbocycles. The summed E-state index contributed by atoms with van der Waals surface area (Å²) < 4.78 is 6.97. The zero-order valence-electron chi connectivity index (χ0n) is 16.4. The van der Waals surface area contributed by atoms with Crippen molar-refractivity contribution in [3.05, 3.63) is 100 Å². The first-order chi connectivity index (χ1) is 13.9. The molecule has 0 spiro atoms. The highest BCUT2D eigenvalue weighted by Crippen LogP contribution is 2.32. The fourth-order valence-electron chi connectivity index (χ4n) is 3.35. The fourth-order valence-corrected chi connectivity index (χ4v) is 3.61. The summed E-state index contributed by atoms with van der Waals surface area (Å²) in [5.41, 5.74) is 3.30. The maximum atomic E-state index is 13.3. The summed E-state index contributed by atoms with van der Waals surface area (Å²) in [5, 5.41) is 0. The van der Waals surface area contributed by atoms with E-state index in [4.69, 9.17) is 4.74 Å². The number of amides is 1. The molecule has 4 rings (SSSR count). The van der Waals surface area contributed by atoms with Gasteiger partial charge in [0.15, 0.2) is 0 Å². The van der Waals surface area contributed by atoms with E-state index >= 15 is 0 Å². The van der Waals surface area contributed by atoms with Crippen LogP contribution in [0, 0.1) is 0 Å². The van der Waals surface area contributed by atoms with E-state index in [1.165, 1.54) is 0 Å². The molecule has 1 amide bonds. The van der Waals surface area contributed by atoms with Gasteiger partial charge in [-0.3, -0.25) is 4.79 Å². The van der Waals surface area contributed by atoms with Crippen molar-refractivity contribution in [2.75, 3.05) is 4.90 Å². The van der Waals surface area contributed by atoms with Gasteiger partial charge in [0.2, 0.25) is 0 Å². The normalized spacial score (nSPS) is 14.0. The summed E-state index contributed by atoms with van der Waals surface area (Å²) in [6, 6.07) is 23.3. The Hall–Kier alpha value is -2.85. The summed E-state index contributed by atoms with van der Waals surface area (Å²) in [4.78, 5) is 15.1. The quantitative estimate of drug-likeness (QED) is 0.457. The van der Waals surface area contributed by atoms with Crippen molar-refractivity contribution >= 4 is 33.6 Å². The second-order valence-corrected chi connectivity index (χ2v) is 8.56. The number of halogens is 1. The van der Waals surface area contributed by atoms with Crippen LogP contribution < -0.4 is 9.64 Å². The summed E-state index contributed by atoms with van der Waals surface area (Å²) in [5.74, 6) is 0.834. The molecule has 3 nitrogen and oxygen atoms in total. The summed E-state index contributed by atoms with van der Waals surface area (Å²) in [6.45, 7) is 4.55. The van der Waals surface area contributed by atoms with Gasteiger partial charge in [0.25, 0.3) is 5.91 Å². The molecule has 146 valence electrons. The number of fused-ring (bicyclic) bond motifs is 1. The average Bonchev–Trinajstić information content (AvgIpc) is 2.72. The van der Waals surface area contributed by atoms with Crippen LogP contribution in [0.5, 0.6) is 5.75 Å². The van der Waals surface area contributed by atoms with Crippen LogP contribution in [0.25, 0.3) is 6.08 Å². The highest BCUT2D eigenvalue weighted by atomic mass is 79.9. The number of para-hydroxylation sites is 1. The molecule has 1 heterocycles. The lowest BCUT2D eigenvalue weighted by Crippen LogP contribution is -2.30. The minimum atomic E-state index is -0.303. The molecule has 0 bridgehead atoms. The molecule has 1 aliphatic rings. The van der Waals surface area contributed by atoms with Crippen LogP contribution in [0.1, 0.15) is 35.3 Å². The van der Waals surface area contributed by atoms with Gasteiger partial charge in [-0.1, -0.05) is 46.3 Å². The number of hydrogen-bond acceptors (Lipinski definition) is 2. The van der Waals surface area contributed by atoms with Crippen molar-refractivity contribution in [2.24, 2.45) is 0 Å². The van der Waals surface area contributed by atoms with Crippen molar-refractivity contribution in [1.29, 1.82) is 0 Å². The molecule has 0 unspecified atom stereocenters. The van der Waals surface area contributed by atoms with Gasteiger partial charge in [-0.25, -0.2) is 0 Å². The third kappa shape index (κ3) is 4.43. The van der Waals surface area contributed by atoms with Crippen molar-refractivity contribution < 1.29 is 9.53 Å². The Bertz CT molecular complexity index is 1060. The largest absolute Gasteiger partial charge is 0.483 e. The van der Waals surface area contributed by atoms with Crippen LogP contribution in [0.4, 0.5) is 5.69 Å². The Kier molecular flexibility index (Phi) is 5.29. The molecule has 0 N–H and O–H groups in total. The maximum Gasteiger partial charge on any atom is 0.258 e. The van der Waals surface area contributed by atoms with Gasteiger partial charge in [0.1, 0.15) is 11.4 Å². The molecule has 1 aliphatic heterocycles. The zero-order chi connectivity index (χ0) is 20.4. The molecule has 0 aromatic heterocycles. The SMILES string of the molecule is CC1(C)C=Cc2cc(CN(C(=O)c3ccc(Br)cc3)c3ccccc3)ccc2O1. The van der Waals surface area contributed by atoms with Crippen molar-refractivity contribution in [3.63, 3.8) is 0 Å². The Morgan fingerprint density at radius 3 is 2.45 bits per heavy atom.